The molecule has 0 unspecified atom stereocenters. The summed E-state index contributed by atoms with van der Waals surface area (Å²) in [5, 5.41) is 11.6. The van der Waals surface area contributed by atoms with Crippen molar-refractivity contribution in [3.05, 3.63) is 63.9 Å². The second-order valence-corrected chi connectivity index (χ2v) is 5.21. The fourth-order valence-electron chi connectivity index (χ4n) is 1.80. The summed E-state index contributed by atoms with van der Waals surface area (Å²) in [5.41, 5.74) is 0.971. The van der Waals surface area contributed by atoms with Gasteiger partial charge >= 0.3 is 5.97 Å². The third-order valence-corrected chi connectivity index (χ3v) is 3.43. The maximum absolute atomic E-state index is 13.0. The zero-order chi connectivity index (χ0) is 15.4. The van der Waals surface area contributed by atoms with Crippen LogP contribution < -0.4 is 5.32 Å². The van der Waals surface area contributed by atoms with Gasteiger partial charge in [-0.15, -0.1) is 0 Å². The lowest BCUT2D eigenvalue weighted by Gasteiger charge is -2.07. The Labute approximate surface area is 128 Å². The quantitative estimate of drug-likeness (QED) is 0.886. The molecule has 21 heavy (non-hydrogen) atoms. The van der Waals surface area contributed by atoms with Crippen molar-refractivity contribution in [3.63, 3.8) is 0 Å². The van der Waals surface area contributed by atoms with Crippen molar-refractivity contribution in [2.24, 2.45) is 0 Å². The van der Waals surface area contributed by atoms with Crippen LogP contribution in [-0.4, -0.2) is 17.0 Å². The van der Waals surface area contributed by atoms with Crippen LogP contribution in [0.1, 0.15) is 15.9 Å². The topological polar surface area (TPSA) is 66.4 Å². The molecule has 0 bridgehead atoms. The van der Waals surface area contributed by atoms with Crippen LogP contribution in [0.3, 0.4) is 0 Å². The molecule has 0 spiro atoms. The summed E-state index contributed by atoms with van der Waals surface area (Å²) in [6.07, 6.45) is 0.0101. The van der Waals surface area contributed by atoms with Crippen LogP contribution in [0.5, 0.6) is 0 Å². The lowest BCUT2D eigenvalue weighted by molar-refractivity contribution is -0.115. The van der Waals surface area contributed by atoms with E-state index in [0.717, 1.165) is 0 Å². The maximum Gasteiger partial charge on any atom is 0.336 e. The average molecular weight is 352 g/mol. The van der Waals surface area contributed by atoms with E-state index in [0.29, 0.717) is 15.7 Å². The first-order chi connectivity index (χ1) is 9.95. The van der Waals surface area contributed by atoms with Gasteiger partial charge in [0.1, 0.15) is 5.82 Å². The van der Waals surface area contributed by atoms with Gasteiger partial charge < -0.3 is 10.4 Å². The molecule has 0 heterocycles. The van der Waals surface area contributed by atoms with Crippen molar-refractivity contribution in [1.29, 1.82) is 0 Å². The molecule has 0 aromatic heterocycles. The number of halogens is 2. The number of nitrogens with one attached hydrogen (secondary N) is 1. The summed E-state index contributed by atoms with van der Waals surface area (Å²) in [7, 11) is 0. The van der Waals surface area contributed by atoms with E-state index in [1.807, 2.05) is 0 Å². The van der Waals surface area contributed by atoms with Crippen LogP contribution in [0.15, 0.2) is 46.9 Å². The zero-order valence-electron chi connectivity index (χ0n) is 10.8. The molecule has 0 saturated heterocycles. The van der Waals surface area contributed by atoms with Gasteiger partial charge in [-0.25, -0.2) is 9.18 Å². The molecule has 4 nitrogen and oxygen atoms in total. The van der Waals surface area contributed by atoms with Gasteiger partial charge in [-0.1, -0.05) is 12.1 Å². The lowest BCUT2D eigenvalue weighted by atomic mass is 10.1. The fourth-order valence-corrected chi connectivity index (χ4v) is 2.22. The van der Waals surface area contributed by atoms with Gasteiger partial charge in [0, 0.05) is 10.2 Å². The second kappa shape index (κ2) is 6.49. The first-order valence-corrected chi connectivity index (χ1v) is 6.82. The Morgan fingerprint density at radius 1 is 1.19 bits per heavy atom. The van der Waals surface area contributed by atoms with Gasteiger partial charge in [-0.2, -0.15) is 0 Å². The van der Waals surface area contributed by atoms with Crippen LogP contribution in [0.2, 0.25) is 0 Å². The largest absolute Gasteiger partial charge is 0.478 e. The van der Waals surface area contributed by atoms with E-state index in [4.69, 9.17) is 5.11 Å². The summed E-state index contributed by atoms with van der Waals surface area (Å²) >= 11 is 3.12. The van der Waals surface area contributed by atoms with E-state index in [-0.39, 0.29) is 17.9 Å². The van der Waals surface area contributed by atoms with Gasteiger partial charge in [0.15, 0.2) is 0 Å². The van der Waals surface area contributed by atoms with Crippen molar-refractivity contribution in [2.75, 3.05) is 5.32 Å². The highest BCUT2D eigenvalue weighted by molar-refractivity contribution is 9.10. The van der Waals surface area contributed by atoms with Crippen LogP contribution in [0.4, 0.5) is 10.1 Å². The monoisotopic (exact) mass is 351 g/mol. The molecule has 0 fully saturated rings. The first-order valence-electron chi connectivity index (χ1n) is 6.03. The summed E-state index contributed by atoms with van der Waals surface area (Å²) in [5.74, 6) is -1.85. The van der Waals surface area contributed by atoms with E-state index < -0.39 is 11.8 Å². The van der Waals surface area contributed by atoms with Gasteiger partial charge in [0.25, 0.3) is 0 Å². The second-order valence-electron chi connectivity index (χ2n) is 4.35. The highest BCUT2D eigenvalue weighted by Gasteiger charge is 2.11. The molecule has 1 amide bonds. The number of anilines is 1. The number of aromatic carboxylic acids is 1. The number of hydrogen-bond donors (Lipinski definition) is 2. The molecule has 0 aliphatic rings. The summed E-state index contributed by atoms with van der Waals surface area (Å²) in [6, 6.07) is 10.2. The Balaban J connectivity index is 2.09. The van der Waals surface area contributed by atoms with Crippen molar-refractivity contribution < 1.29 is 19.1 Å². The van der Waals surface area contributed by atoms with E-state index >= 15 is 0 Å². The van der Waals surface area contributed by atoms with Gasteiger partial charge in [-0.05, 0) is 51.8 Å². The Bertz CT molecular complexity index is 703. The average Bonchev–Trinajstić information content (AvgIpc) is 2.40. The molecule has 6 heteroatoms. The minimum atomic E-state index is -1.09. The number of carbonyl (C=O) groups is 2. The van der Waals surface area contributed by atoms with E-state index in [1.54, 1.807) is 18.2 Å². The Kier molecular flexibility index (Phi) is 4.70. The minimum absolute atomic E-state index is 0.0101. The lowest BCUT2D eigenvalue weighted by Crippen LogP contribution is -2.15. The molecule has 108 valence electrons. The normalized spacial score (nSPS) is 10.2. The smallest absolute Gasteiger partial charge is 0.336 e. The predicted molar refractivity (Wildman–Crippen MR) is 79.8 cm³/mol. The third-order valence-electron chi connectivity index (χ3n) is 2.73. The van der Waals surface area contributed by atoms with E-state index in [1.165, 1.54) is 24.3 Å². The highest BCUT2D eigenvalue weighted by Crippen LogP contribution is 2.21. The number of amides is 1. The van der Waals surface area contributed by atoms with Crippen molar-refractivity contribution in [3.8, 4) is 0 Å². The first kappa shape index (κ1) is 15.2. The van der Waals surface area contributed by atoms with Crippen LogP contribution in [0.25, 0.3) is 0 Å². The van der Waals surface area contributed by atoms with Crippen LogP contribution >= 0.6 is 15.9 Å². The van der Waals surface area contributed by atoms with Crippen LogP contribution in [0, 0.1) is 5.82 Å². The van der Waals surface area contributed by atoms with E-state index in [9.17, 15) is 14.0 Å². The van der Waals surface area contributed by atoms with Crippen molar-refractivity contribution in [1.82, 2.24) is 0 Å². The highest BCUT2D eigenvalue weighted by atomic mass is 79.9. The molecule has 2 aromatic rings. The SMILES string of the molecule is O=C(Cc1cccc(F)c1)Nc1ccc(Br)c(C(=O)O)c1. The van der Waals surface area contributed by atoms with Gasteiger partial charge in [0.2, 0.25) is 5.91 Å². The van der Waals surface area contributed by atoms with Crippen LogP contribution in [-0.2, 0) is 11.2 Å². The van der Waals surface area contributed by atoms with Crippen molar-refractivity contribution in [2.45, 2.75) is 6.42 Å². The number of hydrogen-bond acceptors (Lipinski definition) is 2. The molecule has 0 atom stereocenters. The minimum Gasteiger partial charge on any atom is -0.478 e. The standard InChI is InChI=1S/C15H11BrFNO3/c16-13-5-4-11(8-12(13)15(20)21)18-14(19)7-9-2-1-3-10(17)6-9/h1-6,8H,7H2,(H,18,19)(H,20,21). The number of carboxylic acids is 1. The maximum atomic E-state index is 13.0. The van der Waals surface area contributed by atoms with Gasteiger partial charge in [0.05, 0.1) is 12.0 Å². The van der Waals surface area contributed by atoms with Crippen molar-refractivity contribution >= 4 is 33.5 Å². The Morgan fingerprint density at radius 3 is 2.62 bits per heavy atom. The zero-order valence-corrected chi connectivity index (χ0v) is 12.4. The molecule has 0 radical (unpaired) electrons. The number of benzene rings is 2. The summed E-state index contributed by atoms with van der Waals surface area (Å²) < 4.78 is 13.5. The molecule has 0 saturated carbocycles. The molecule has 2 aromatic carbocycles. The molecular weight excluding hydrogens is 341 g/mol. The number of rotatable bonds is 4. The Hall–Kier alpha value is -2.21. The Morgan fingerprint density at radius 2 is 1.95 bits per heavy atom. The fraction of sp³-hybridized carbons (Fsp3) is 0.0667. The summed E-state index contributed by atoms with van der Waals surface area (Å²) in [6.45, 7) is 0. The molecule has 2 N–H and O–H groups in total. The predicted octanol–water partition coefficient (Wildman–Crippen LogP) is 3.47. The third kappa shape index (κ3) is 4.13. The molecule has 2 rings (SSSR count). The number of carbonyl (C=O) groups excluding carboxylic acids is 1. The number of carboxylic acid groups (broad SMARTS) is 1. The van der Waals surface area contributed by atoms with E-state index in [2.05, 4.69) is 21.2 Å². The molecule has 0 aliphatic carbocycles. The van der Waals surface area contributed by atoms with Gasteiger partial charge in [-0.3, -0.25) is 4.79 Å². The molecule has 0 aliphatic heterocycles. The molecular formula is C15H11BrFNO3. The summed E-state index contributed by atoms with van der Waals surface area (Å²) in [4.78, 5) is 22.9.